The van der Waals surface area contributed by atoms with Crippen LogP contribution in [0.3, 0.4) is 0 Å². The predicted octanol–water partition coefficient (Wildman–Crippen LogP) is 5.93. The fraction of sp³-hybridized carbons (Fsp3) is 0.417. The molecule has 1 aromatic heterocycles. The van der Waals surface area contributed by atoms with E-state index >= 15 is 0 Å². The first kappa shape index (κ1) is 17.3. The predicted molar refractivity (Wildman–Crippen MR) is 114 cm³/mol. The summed E-state index contributed by atoms with van der Waals surface area (Å²) in [6.45, 7) is 3.26. The van der Waals surface area contributed by atoms with Crippen LogP contribution >= 0.6 is 11.6 Å². The van der Waals surface area contributed by atoms with E-state index < -0.39 is 0 Å². The first-order valence-electron chi connectivity index (χ1n) is 10.2. The lowest BCUT2D eigenvalue weighted by molar-refractivity contribution is 0.0988. The van der Waals surface area contributed by atoms with Crippen LogP contribution in [0.1, 0.15) is 47.7 Å². The molecule has 2 atom stereocenters. The number of aryl methyl sites for hydroxylation is 3. The number of halogens is 1. The van der Waals surface area contributed by atoms with E-state index in [1.54, 1.807) is 11.3 Å². The average molecular weight is 379 g/mol. The maximum Gasteiger partial charge on any atom is 0.0486 e. The Morgan fingerprint density at radius 2 is 1.89 bits per heavy atom. The summed E-state index contributed by atoms with van der Waals surface area (Å²) < 4.78 is 2.62. The van der Waals surface area contributed by atoms with Gasteiger partial charge in [0, 0.05) is 46.7 Å². The van der Waals surface area contributed by atoms with Gasteiger partial charge >= 0.3 is 0 Å². The van der Waals surface area contributed by atoms with Crippen LogP contribution in [-0.2, 0) is 19.4 Å². The van der Waals surface area contributed by atoms with Gasteiger partial charge in [-0.1, -0.05) is 35.4 Å². The Labute approximate surface area is 166 Å². The molecular weight excluding hydrogens is 352 g/mol. The Morgan fingerprint density at radius 3 is 2.70 bits per heavy atom. The van der Waals surface area contributed by atoms with Gasteiger partial charge in [-0.15, -0.1) is 0 Å². The number of aromatic nitrogens is 1. The monoisotopic (exact) mass is 378 g/mol. The van der Waals surface area contributed by atoms with Crippen LogP contribution in [-0.4, -0.2) is 22.6 Å². The quantitative estimate of drug-likeness (QED) is 0.548. The van der Waals surface area contributed by atoms with Gasteiger partial charge in [0.2, 0.25) is 0 Å². The van der Waals surface area contributed by atoms with Crippen LogP contribution < -0.4 is 0 Å². The summed E-state index contributed by atoms with van der Waals surface area (Å²) in [6.07, 6.45) is 6.24. The number of hydrogen-bond donors (Lipinski definition) is 0. The molecule has 0 aliphatic carbocycles. The summed E-state index contributed by atoms with van der Waals surface area (Å²) in [7, 11) is 2.34. The van der Waals surface area contributed by atoms with Gasteiger partial charge in [0.1, 0.15) is 0 Å². The summed E-state index contributed by atoms with van der Waals surface area (Å²) in [6, 6.07) is 16.6. The molecular formula is C24H27ClN2. The highest BCUT2D eigenvalue weighted by molar-refractivity contribution is 6.30. The van der Waals surface area contributed by atoms with Gasteiger partial charge < -0.3 is 4.57 Å². The Hall–Kier alpha value is -1.77. The standard InChI is InChI=1S/C24H27ClN2/c1-16-6-11-21-20(14-16)24-22-5-3-4-19(26(22)2)15-23(24)27(21)13-12-17-7-9-18(25)10-8-17/h6-11,14,19,22H,3-5,12-13,15H2,1-2H3. The van der Waals surface area contributed by atoms with Gasteiger partial charge in [0.15, 0.2) is 0 Å². The zero-order valence-corrected chi connectivity index (χ0v) is 17.0. The minimum absolute atomic E-state index is 0.591. The van der Waals surface area contributed by atoms with Crippen LogP contribution in [0.2, 0.25) is 5.02 Å². The van der Waals surface area contributed by atoms with E-state index in [9.17, 15) is 0 Å². The number of hydrogen-bond acceptors (Lipinski definition) is 1. The molecule has 2 aliphatic rings. The lowest BCUT2D eigenvalue weighted by Gasteiger charge is -2.44. The Balaban J connectivity index is 1.60. The Kier molecular flexibility index (Phi) is 4.29. The fourth-order valence-corrected chi connectivity index (χ4v) is 5.44. The molecule has 140 valence electrons. The van der Waals surface area contributed by atoms with Crippen LogP contribution in [0.25, 0.3) is 10.9 Å². The van der Waals surface area contributed by atoms with Crippen LogP contribution in [0.15, 0.2) is 42.5 Å². The molecule has 0 N–H and O–H groups in total. The molecule has 1 fully saturated rings. The summed E-state index contributed by atoms with van der Waals surface area (Å²) in [5.41, 5.74) is 7.34. The highest BCUT2D eigenvalue weighted by Gasteiger charge is 2.38. The number of rotatable bonds is 3. The van der Waals surface area contributed by atoms with E-state index in [4.69, 9.17) is 11.6 Å². The van der Waals surface area contributed by atoms with Gasteiger partial charge in [-0.2, -0.15) is 0 Å². The third-order valence-corrected chi connectivity index (χ3v) is 7.00. The normalized spacial score (nSPS) is 22.2. The molecule has 3 heterocycles. The smallest absolute Gasteiger partial charge is 0.0486 e. The van der Waals surface area contributed by atoms with E-state index in [-0.39, 0.29) is 0 Å². The Bertz CT molecular complexity index is 986. The van der Waals surface area contributed by atoms with E-state index in [0.29, 0.717) is 12.1 Å². The molecule has 1 saturated heterocycles. The minimum atomic E-state index is 0.591. The van der Waals surface area contributed by atoms with E-state index in [1.807, 2.05) is 12.1 Å². The number of fused-ring (bicyclic) bond motifs is 6. The Morgan fingerprint density at radius 1 is 1.07 bits per heavy atom. The van der Waals surface area contributed by atoms with E-state index in [1.165, 1.54) is 47.7 Å². The molecule has 0 radical (unpaired) electrons. The third kappa shape index (κ3) is 2.90. The van der Waals surface area contributed by atoms with Crippen LogP contribution in [0, 0.1) is 6.92 Å². The van der Waals surface area contributed by atoms with Gasteiger partial charge in [0.05, 0.1) is 0 Å². The fourth-order valence-electron chi connectivity index (χ4n) is 5.31. The van der Waals surface area contributed by atoms with Crippen molar-refractivity contribution in [2.24, 2.45) is 0 Å². The topological polar surface area (TPSA) is 8.17 Å². The third-order valence-electron chi connectivity index (χ3n) is 6.75. The maximum absolute atomic E-state index is 6.06. The van der Waals surface area contributed by atoms with Crippen molar-refractivity contribution in [2.75, 3.05) is 7.05 Å². The van der Waals surface area contributed by atoms with Crippen molar-refractivity contribution < 1.29 is 0 Å². The molecule has 2 aromatic carbocycles. The zero-order valence-electron chi connectivity index (χ0n) is 16.2. The SMILES string of the molecule is Cc1ccc2c(c1)c1c(n2CCc2ccc(Cl)cc2)CC2CCCC1N2C. The lowest BCUT2D eigenvalue weighted by atomic mass is 9.82. The average Bonchev–Trinajstić information content (AvgIpc) is 2.93. The van der Waals surface area contributed by atoms with Crippen molar-refractivity contribution in [1.29, 1.82) is 0 Å². The molecule has 0 spiro atoms. The first-order valence-corrected chi connectivity index (χ1v) is 10.6. The van der Waals surface area contributed by atoms with Gasteiger partial charge in [0.25, 0.3) is 0 Å². The van der Waals surface area contributed by atoms with Gasteiger partial charge in [-0.25, -0.2) is 0 Å². The molecule has 2 nitrogen and oxygen atoms in total. The lowest BCUT2D eigenvalue weighted by Crippen LogP contribution is -2.44. The second-order valence-corrected chi connectivity index (χ2v) is 8.82. The van der Waals surface area contributed by atoms with Crippen molar-refractivity contribution >= 4 is 22.5 Å². The van der Waals surface area contributed by atoms with Crippen molar-refractivity contribution in [3.8, 4) is 0 Å². The van der Waals surface area contributed by atoms with Crippen molar-refractivity contribution in [1.82, 2.24) is 9.47 Å². The second kappa shape index (κ2) is 6.68. The molecule has 2 unspecified atom stereocenters. The highest BCUT2D eigenvalue weighted by Crippen LogP contribution is 2.45. The van der Waals surface area contributed by atoms with Crippen molar-refractivity contribution in [2.45, 2.75) is 57.7 Å². The first-order chi connectivity index (χ1) is 13.1. The summed E-state index contributed by atoms with van der Waals surface area (Å²) >= 11 is 6.06. The van der Waals surface area contributed by atoms with Gasteiger partial charge in [-0.05, 0) is 75.0 Å². The molecule has 5 rings (SSSR count). The van der Waals surface area contributed by atoms with E-state index in [0.717, 1.165) is 18.0 Å². The zero-order chi connectivity index (χ0) is 18.5. The molecule has 3 heteroatoms. The molecule has 2 aliphatic heterocycles. The molecule has 0 amide bonds. The maximum atomic E-state index is 6.06. The van der Waals surface area contributed by atoms with Crippen LogP contribution in [0.4, 0.5) is 0 Å². The van der Waals surface area contributed by atoms with Gasteiger partial charge in [-0.3, -0.25) is 4.90 Å². The second-order valence-electron chi connectivity index (χ2n) is 8.38. The summed E-state index contributed by atoms with van der Waals surface area (Å²) in [5.74, 6) is 0. The summed E-state index contributed by atoms with van der Waals surface area (Å²) in [5, 5.41) is 2.30. The number of nitrogens with zero attached hydrogens (tertiary/aromatic N) is 2. The van der Waals surface area contributed by atoms with Crippen molar-refractivity contribution in [3.63, 3.8) is 0 Å². The molecule has 3 aromatic rings. The van der Waals surface area contributed by atoms with Crippen molar-refractivity contribution in [3.05, 3.63) is 69.9 Å². The number of likely N-dealkylation sites (N-methyl/N-ethyl adjacent to an activating group) is 1. The minimum Gasteiger partial charge on any atom is -0.344 e. The van der Waals surface area contributed by atoms with E-state index in [2.05, 4.69) is 53.8 Å². The molecule has 27 heavy (non-hydrogen) atoms. The largest absolute Gasteiger partial charge is 0.344 e. The highest BCUT2D eigenvalue weighted by atomic mass is 35.5. The molecule has 2 bridgehead atoms. The summed E-state index contributed by atoms with van der Waals surface area (Å²) in [4.78, 5) is 2.65. The molecule has 0 saturated carbocycles. The number of piperidine rings is 1. The van der Waals surface area contributed by atoms with Crippen LogP contribution in [0.5, 0.6) is 0 Å². The number of benzene rings is 2.